The Kier molecular flexibility index (Phi) is 3.15. The van der Waals surface area contributed by atoms with Crippen molar-refractivity contribution < 1.29 is 13.5 Å². The van der Waals surface area contributed by atoms with E-state index in [1.807, 2.05) is 0 Å². The molecule has 0 amide bonds. The Bertz CT molecular complexity index is 507. The largest absolute Gasteiger partial charge is 0.508 e. The Morgan fingerprint density at radius 1 is 1.29 bits per heavy atom. The van der Waals surface area contributed by atoms with Crippen LogP contribution in [-0.4, -0.2) is 18.8 Å². The minimum absolute atomic E-state index is 0.0108. The highest BCUT2D eigenvalue weighted by Gasteiger charge is 2.29. The zero-order chi connectivity index (χ0) is 12.5. The molecule has 0 spiro atoms. The highest BCUT2D eigenvalue weighted by atomic mass is 32.2. The lowest BCUT2D eigenvalue weighted by Crippen LogP contribution is -2.25. The van der Waals surface area contributed by atoms with Crippen LogP contribution in [0.3, 0.4) is 0 Å². The van der Waals surface area contributed by atoms with Crippen molar-refractivity contribution in [1.82, 2.24) is 0 Å². The van der Waals surface area contributed by atoms with Crippen molar-refractivity contribution in [2.24, 2.45) is 0 Å². The molecule has 0 radical (unpaired) electrons. The Balaban J connectivity index is 2.22. The number of aromatic hydroxyl groups is 1. The van der Waals surface area contributed by atoms with Crippen LogP contribution in [0.1, 0.15) is 25.7 Å². The number of phenols is 1. The van der Waals surface area contributed by atoms with Crippen LogP contribution in [0.5, 0.6) is 5.75 Å². The second-order valence-corrected chi connectivity index (χ2v) is 6.29. The van der Waals surface area contributed by atoms with Crippen LogP contribution in [0, 0.1) is 0 Å². The van der Waals surface area contributed by atoms with E-state index < -0.39 is 10.0 Å². The molecule has 0 bridgehead atoms. The molecule has 1 saturated carbocycles. The predicted molar refractivity (Wildman–Crippen MR) is 67.3 cm³/mol. The van der Waals surface area contributed by atoms with E-state index >= 15 is 0 Å². The summed E-state index contributed by atoms with van der Waals surface area (Å²) in [5.41, 5.74) is 6.21. The standard InChI is InChI=1S/C11H16N2O3S/c12-10-6-5-8(14)7-11(10)13-17(15,16)9-3-1-2-4-9/h5-7,9,13-14H,1-4,12H2. The SMILES string of the molecule is Nc1ccc(O)cc1NS(=O)(=O)C1CCCC1. The number of rotatable bonds is 3. The minimum Gasteiger partial charge on any atom is -0.508 e. The molecule has 1 aliphatic carbocycles. The zero-order valence-corrected chi connectivity index (χ0v) is 10.2. The highest BCUT2D eigenvalue weighted by Crippen LogP contribution is 2.29. The number of hydrogen-bond acceptors (Lipinski definition) is 4. The Morgan fingerprint density at radius 3 is 2.59 bits per heavy atom. The second kappa shape index (κ2) is 4.44. The van der Waals surface area contributed by atoms with E-state index in [2.05, 4.69) is 4.72 Å². The minimum atomic E-state index is -3.39. The first-order valence-corrected chi connectivity index (χ1v) is 7.14. The average molecular weight is 256 g/mol. The molecule has 6 heteroatoms. The van der Waals surface area contributed by atoms with Gasteiger partial charge < -0.3 is 10.8 Å². The first kappa shape index (κ1) is 12.0. The lowest BCUT2D eigenvalue weighted by Gasteiger charge is -2.14. The van der Waals surface area contributed by atoms with Gasteiger partial charge in [-0.2, -0.15) is 0 Å². The van der Waals surface area contributed by atoms with Crippen LogP contribution >= 0.6 is 0 Å². The van der Waals surface area contributed by atoms with Crippen molar-refractivity contribution in [3.63, 3.8) is 0 Å². The summed E-state index contributed by atoms with van der Waals surface area (Å²) in [5, 5.41) is 8.97. The van der Waals surface area contributed by atoms with Gasteiger partial charge in [0.15, 0.2) is 0 Å². The van der Waals surface area contributed by atoms with Gasteiger partial charge in [-0.15, -0.1) is 0 Å². The van der Waals surface area contributed by atoms with Gasteiger partial charge in [-0.3, -0.25) is 4.72 Å². The maximum absolute atomic E-state index is 12.0. The van der Waals surface area contributed by atoms with Crippen LogP contribution in [-0.2, 0) is 10.0 Å². The van der Waals surface area contributed by atoms with Crippen molar-refractivity contribution in [2.75, 3.05) is 10.5 Å². The van der Waals surface area contributed by atoms with Gasteiger partial charge in [0.2, 0.25) is 10.0 Å². The second-order valence-electron chi connectivity index (χ2n) is 4.33. The number of benzene rings is 1. The van der Waals surface area contributed by atoms with E-state index in [4.69, 9.17) is 5.73 Å². The molecule has 0 heterocycles. The number of nitrogens with two attached hydrogens (primary N) is 1. The summed E-state index contributed by atoms with van der Waals surface area (Å²) in [7, 11) is -3.39. The fourth-order valence-corrected chi connectivity index (χ4v) is 3.67. The summed E-state index contributed by atoms with van der Waals surface area (Å²) in [4.78, 5) is 0. The van der Waals surface area contributed by atoms with Crippen LogP contribution in [0.4, 0.5) is 11.4 Å². The van der Waals surface area contributed by atoms with Gasteiger partial charge in [-0.25, -0.2) is 8.42 Å². The summed E-state index contributed by atoms with van der Waals surface area (Å²) in [6.45, 7) is 0. The summed E-state index contributed by atoms with van der Waals surface area (Å²) in [5.74, 6) is -0.0108. The Hall–Kier alpha value is -1.43. The van der Waals surface area contributed by atoms with Crippen LogP contribution in [0.2, 0.25) is 0 Å². The quantitative estimate of drug-likeness (QED) is 0.566. The van der Waals surface area contributed by atoms with Crippen molar-refractivity contribution in [3.05, 3.63) is 18.2 Å². The summed E-state index contributed by atoms with van der Waals surface area (Å²) in [6.07, 6.45) is 3.27. The number of hydrogen-bond donors (Lipinski definition) is 3. The van der Waals surface area contributed by atoms with Gasteiger partial charge in [-0.1, -0.05) is 12.8 Å². The number of phenolic OH excluding ortho intramolecular Hbond substituents is 1. The van der Waals surface area contributed by atoms with Crippen molar-refractivity contribution >= 4 is 21.4 Å². The monoisotopic (exact) mass is 256 g/mol. The fraction of sp³-hybridized carbons (Fsp3) is 0.455. The molecule has 0 aliphatic heterocycles. The Labute approximate surface area is 101 Å². The molecular weight excluding hydrogens is 240 g/mol. The van der Waals surface area contributed by atoms with E-state index in [1.165, 1.54) is 18.2 Å². The van der Waals surface area contributed by atoms with Gasteiger partial charge >= 0.3 is 0 Å². The molecule has 1 aromatic carbocycles. The third kappa shape index (κ3) is 2.63. The number of nitrogens with one attached hydrogen (secondary N) is 1. The highest BCUT2D eigenvalue weighted by molar-refractivity contribution is 7.93. The lowest BCUT2D eigenvalue weighted by molar-refractivity contribution is 0.476. The van der Waals surface area contributed by atoms with Crippen molar-refractivity contribution in [1.29, 1.82) is 0 Å². The smallest absolute Gasteiger partial charge is 0.235 e. The van der Waals surface area contributed by atoms with E-state index in [0.717, 1.165) is 12.8 Å². The Morgan fingerprint density at radius 2 is 1.94 bits per heavy atom. The average Bonchev–Trinajstić information content (AvgIpc) is 2.77. The van der Waals surface area contributed by atoms with E-state index in [0.29, 0.717) is 18.5 Å². The molecule has 17 heavy (non-hydrogen) atoms. The van der Waals surface area contributed by atoms with Crippen LogP contribution < -0.4 is 10.5 Å². The molecule has 1 aliphatic rings. The van der Waals surface area contributed by atoms with Gasteiger partial charge in [0.1, 0.15) is 5.75 Å². The summed E-state index contributed by atoms with van der Waals surface area (Å²) < 4.78 is 26.5. The van der Waals surface area contributed by atoms with E-state index in [9.17, 15) is 13.5 Å². The molecule has 1 aromatic rings. The predicted octanol–water partition coefficient (Wildman–Crippen LogP) is 1.66. The molecule has 1 fully saturated rings. The maximum Gasteiger partial charge on any atom is 0.235 e. The maximum atomic E-state index is 12.0. The van der Waals surface area contributed by atoms with Crippen molar-refractivity contribution in [2.45, 2.75) is 30.9 Å². The number of sulfonamides is 1. The van der Waals surface area contributed by atoms with Crippen LogP contribution in [0.25, 0.3) is 0 Å². The first-order chi connectivity index (χ1) is 7.99. The van der Waals surface area contributed by atoms with Gasteiger partial charge in [0, 0.05) is 6.07 Å². The molecule has 5 nitrogen and oxygen atoms in total. The molecule has 94 valence electrons. The molecular formula is C11H16N2O3S. The molecule has 0 unspecified atom stereocenters. The fourth-order valence-electron chi connectivity index (χ4n) is 2.07. The normalized spacial score (nSPS) is 17.2. The number of anilines is 2. The topological polar surface area (TPSA) is 92.4 Å². The van der Waals surface area contributed by atoms with E-state index in [-0.39, 0.29) is 16.7 Å². The first-order valence-electron chi connectivity index (χ1n) is 5.59. The van der Waals surface area contributed by atoms with Gasteiger partial charge in [0.05, 0.1) is 16.6 Å². The van der Waals surface area contributed by atoms with Crippen molar-refractivity contribution in [3.8, 4) is 5.75 Å². The van der Waals surface area contributed by atoms with Gasteiger partial charge in [0.25, 0.3) is 0 Å². The van der Waals surface area contributed by atoms with Gasteiger partial charge in [-0.05, 0) is 25.0 Å². The number of nitrogen functional groups attached to an aromatic ring is 1. The summed E-state index contributed by atoms with van der Waals surface area (Å²) in [6, 6.07) is 4.21. The molecule has 0 aromatic heterocycles. The third-order valence-corrected chi connectivity index (χ3v) is 4.88. The summed E-state index contributed by atoms with van der Waals surface area (Å²) >= 11 is 0. The molecule has 4 N–H and O–H groups in total. The molecule has 0 atom stereocenters. The molecule has 2 rings (SSSR count). The zero-order valence-electron chi connectivity index (χ0n) is 9.39. The third-order valence-electron chi connectivity index (χ3n) is 3.03. The van der Waals surface area contributed by atoms with E-state index in [1.54, 1.807) is 0 Å². The molecule has 0 saturated heterocycles. The lowest BCUT2D eigenvalue weighted by atomic mass is 10.2. The van der Waals surface area contributed by atoms with Crippen LogP contribution in [0.15, 0.2) is 18.2 Å².